The van der Waals surface area contributed by atoms with Crippen molar-refractivity contribution in [1.82, 2.24) is 4.90 Å². The zero-order valence-corrected chi connectivity index (χ0v) is 11.7. The Morgan fingerprint density at radius 1 is 1.19 bits per heavy atom. The van der Waals surface area contributed by atoms with E-state index in [0.29, 0.717) is 0 Å². The lowest BCUT2D eigenvalue weighted by Crippen LogP contribution is -2.48. The molecule has 0 spiro atoms. The van der Waals surface area contributed by atoms with E-state index in [1.807, 2.05) is 30.3 Å². The molecule has 0 aromatic heterocycles. The first-order valence-corrected chi connectivity index (χ1v) is 6.96. The summed E-state index contributed by atoms with van der Waals surface area (Å²) in [6.45, 7) is 1.54. The van der Waals surface area contributed by atoms with Crippen LogP contribution in [0.3, 0.4) is 0 Å². The molecular formula is C16H16N2O3. The molecule has 1 aromatic carbocycles. The quantitative estimate of drug-likeness (QED) is 0.781. The van der Waals surface area contributed by atoms with Crippen LogP contribution in [0.2, 0.25) is 0 Å². The molecule has 3 rings (SSSR count). The number of amides is 2. The molecule has 0 radical (unpaired) electrons. The molecule has 21 heavy (non-hydrogen) atoms. The van der Waals surface area contributed by atoms with Gasteiger partial charge in [0.25, 0.3) is 5.91 Å². The second-order valence-electron chi connectivity index (χ2n) is 5.28. The summed E-state index contributed by atoms with van der Waals surface area (Å²) in [7, 11) is 0. The lowest BCUT2D eigenvalue weighted by atomic mass is 9.95. The van der Waals surface area contributed by atoms with Gasteiger partial charge in [-0.2, -0.15) is 0 Å². The molecule has 5 nitrogen and oxygen atoms in total. The minimum absolute atomic E-state index is 0.00628. The van der Waals surface area contributed by atoms with E-state index in [9.17, 15) is 14.4 Å². The lowest BCUT2D eigenvalue weighted by molar-refractivity contribution is -0.144. The zero-order valence-electron chi connectivity index (χ0n) is 11.7. The van der Waals surface area contributed by atoms with Crippen LogP contribution in [0.25, 0.3) is 0 Å². The topological polar surface area (TPSA) is 57.7 Å². The minimum Gasteiger partial charge on any atom is -0.335 e. The molecule has 2 aliphatic rings. The summed E-state index contributed by atoms with van der Waals surface area (Å²) < 4.78 is 0. The summed E-state index contributed by atoms with van der Waals surface area (Å²) in [5.74, 6) is -1.07. The number of carbonyl (C=O) groups is 3. The van der Waals surface area contributed by atoms with E-state index in [1.54, 1.807) is 17.2 Å². The number of fused-ring (bicyclic) bond motifs is 1. The highest BCUT2D eigenvalue weighted by atomic mass is 16.2. The Kier molecular flexibility index (Phi) is 3.33. The molecule has 2 unspecified atom stereocenters. The molecule has 0 aliphatic carbocycles. The van der Waals surface area contributed by atoms with Crippen LogP contribution in [0, 0.1) is 5.92 Å². The Morgan fingerprint density at radius 2 is 1.90 bits per heavy atom. The van der Waals surface area contributed by atoms with Crippen molar-refractivity contribution in [3.63, 3.8) is 0 Å². The molecule has 0 saturated carbocycles. The van der Waals surface area contributed by atoms with Crippen molar-refractivity contribution in [2.24, 2.45) is 5.92 Å². The Hall–Kier alpha value is -2.43. The molecule has 2 amide bonds. The Morgan fingerprint density at radius 3 is 2.57 bits per heavy atom. The maximum Gasteiger partial charge on any atom is 0.253 e. The standard InChI is InChI=1S/C16H16N2O3/c1-11(19)17-10-8-14(20)13-7-9-18(15(13)16(17)21)12-5-3-2-4-6-12/h2-7,9,13,15H,8,10H2,1H3. The SMILES string of the molecule is CC(=O)N1CCC(=O)C2C=CN(c3ccccc3)C2C1=O. The maximum atomic E-state index is 12.7. The first-order valence-electron chi connectivity index (χ1n) is 6.96. The second-order valence-corrected chi connectivity index (χ2v) is 5.28. The fourth-order valence-corrected chi connectivity index (χ4v) is 2.93. The molecule has 2 aliphatic heterocycles. The van der Waals surface area contributed by atoms with Gasteiger partial charge >= 0.3 is 0 Å². The average Bonchev–Trinajstić information content (AvgIpc) is 2.87. The van der Waals surface area contributed by atoms with Crippen molar-refractivity contribution in [3.05, 3.63) is 42.6 Å². The van der Waals surface area contributed by atoms with E-state index in [0.717, 1.165) is 5.69 Å². The minimum atomic E-state index is -0.647. The molecule has 108 valence electrons. The highest BCUT2D eigenvalue weighted by Gasteiger charge is 2.44. The van der Waals surface area contributed by atoms with Crippen molar-refractivity contribution >= 4 is 23.3 Å². The summed E-state index contributed by atoms with van der Waals surface area (Å²) in [6.07, 6.45) is 3.76. The van der Waals surface area contributed by atoms with E-state index in [-0.39, 0.29) is 30.6 Å². The van der Waals surface area contributed by atoms with Crippen LogP contribution in [0.5, 0.6) is 0 Å². The number of Topliss-reactive ketones (excluding diaryl/α,β-unsaturated/α-hetero) is 1. The van der Waals surface area contributed by atoms with Crippen LogP contribution in [-0.2, 0) is 14.4 Å². The van der Waals surface area contributed by atoms with E-state index < -0.39 is 12.0 Å². The van der Waals surface area contributed by atoms with Gasteiger partial charge in [0.1, 0.15) is 11.8 Å². The lowest BCUT2D eigenvalue weighted by Gasteiger charge is -2.29. The number of imide groups is 1. The monoisotopic (exact) mass is 284 g/mol. The molecule has 1 aromatic rings. The van der Waals surface area contributed by atoms with Gasteiger partial charge in [0.15, 0.2) is 0 Å². The Balaban J connectivity index is 2.00. The van der Waals surface area contributed by atoms with E-state index in [1.165, 1.54) is 11.8 Å². The van der Waals surface area contributed by atoms with Crippen molar-refractivity contribution in [2.45, 2.75) is 19.4 Å². The van der Waals surface area contributed by atoms with Gasteiger partial charge in [-0.05, 0) is 12.1 Å². The van der Waals surface area contributed by atoms with Gasteiger partial charge in [0.2, 0.25) is 5.91 Å². The summed E-state index contributed by atoms with van der Waals surface area (Å²) >= 11 is 0. The molecule has 0 bridgehead atoms. The maximum absolute atomic E-state index is 12.7. The first-order chi connectivity index (χ1) is 10.1. The third-order valence-corrected chi connectivity index (χ3v) is 4.00. The van der Waals surface area contributed by atoms with Crippen LogP contribution in [0.1, 0.15) is 13.3 Å². The Labute approximate surface area is 122 Å². The van der Waals surface area contributed by atoms with Gasteiger partial charge in [-0.15, -0.1) is 0 Å². The number of ketones is 1. The van der Waals surface area contributed by atoms with Crippen LogP contribution >= 0.6 is 0 Å². The highest BCUT2D eigenvalue weighted by molar-refractivity contribution is 6.04. The van der Waals surface area contributed by atoms with Gasteiger partial charge in [0, 0.05) is 31.8 Å². The molecule has 1 saturated heterocycles. The number of para-hydroxylation sites is 1. The number of rotatable bonds is 1. The normalized spacial score (nSPS) is 25.0. The number of carbonyl (C=O) groups excluding carboxylic acids is 3. The van der Waals surface area contributed by atoms with Gasteiger partial charge in [-0.1, -0.05) is 24.3 Å². The summed E-state index contributed by atoms with van der Waals surface area (Å²) in [6, 6.07) is 8.76. The number of anilines is 1. The van der Waals surface area contributed by atoms with Crippen molar-refractivity contribution in [1.29, 1.82) is 0 Å². The largest absolute Gasteiger partial charge is 0.335 e. The number of likely N-dealkylation sites (tertiary alicyclic amines) is 1. The zero-order chi connectivity index (χ0) is 15.0. The third-order valence-electron chi connectivity index (χ3n) is 4.00. The van der Waals surface area contributed by atoms with Gasteiger partial charge < -0.3 is 4.90 Å². The molecule has 2 heterocycles. The highest BCUT2D eigenvalue weighted by Crippen LogP contribution is 2.32. The number of hydrogen-bond acceptors (Lipinski definition) is 4. The smallest absolute Gasteiger partial charge is 0.253 e. The molecule has 1 fully saturated rings. The average molecular weight is 284 g/mol. The first kappa shape index (κ1) is 13.5. The second kappa shape index (κ2) is 5.16. The van der Waals surface area contributed by atoms with Crippen molar-refractivity contribution in [2.75, 3.05) is 11.4 Å². The van der Waals surface area contributed by atoms with E-state index in [4.69, 9.17) is 0 Å². The van der Waals surface area contributed by atoms with Gasteiger partial charge in [0.05, 0.1) is 5.92 Å². The van der Waals surface area contributed by atoms with E-state index in [2.05, 4.69) is 0 Å². The molecule has 0 N–H and O–H groups in total. The van der Waals surface area contributed by atoms with Crippen LogP contribution in [0.4, 0.5) is 5.69 Å². The number of hydrogen-bond donors (Lipinski definition) is 0. The third kappa shape index (κ3) is 2.24. The van der Waals surface area contributed by atoms with Crippen LogP contribution in [0.15, 0.2) is 42.6 Å². The van der Waals surface area contributed by atoms with Gasteiger partial charge in [-0.25, -0.2) is 0 Å². The predicted molar refractivity (Wildman–Crippen MR) is 77.4 cm³/mol. The molecule has 2 atom stereocenters. The Bertz CT molecular complexity index is 624. The van der Waals surface area contributed by atoms with Crippen LogP contribution < -0.4 is 4.90 Å². The predicted octanol–water partition coefficient (Wildman–Crippen LogP) is 1.35. The fourth-order valence-electron chi connectivity index (χ4n) is 2.93. The van der Waals surface area contributed by atoms with Crippen molar-refractivity contribution < 1.29 is 14.4 Å². The number of benzene rings is 1. The van der Waals surface area contributed by atoms with E-state index >= 15 is 0 Å². The van der Waals surface area contributed by atoms with Crippen LogP contribution in [-0.4, -0.2) is 35.1 Å². The molecular weight excluding hydrogens is 268 g/mol. The molecule has 5 heteroatoms. The van der Waals surface area contributed by atoms with Crippen molar-refractivity contribution in [3.8, 4) is 0 Å². The summed E-state index contributed by atoms with van der Waals surface area (Å²) in [4.78, 5) is 39.5. The summed E-state index contributed by atoms with van der Waals surface area (Å²) in [5, 5.41) is 0. The fraction of sp³-hybridized carbons (Fsp3) is 0.312. The van der Waals surface area contributed by atoms with Gasteiger partial charge in [-0.3, -0.25) is 19.3 Å². The summed E-state index contributed by atoms with van der Waals surface area (Å²) in [5.41, 5.74) is 0.841. The number of nitrogens with zero attached hydrogens (tertiary/aromatic N) is 2.